The molecule has 0 bridgehead atoms. The van der Waals surface area contributed by atoms with Crippen LogP contribution in [-0.4, -0.2) is 41.3 Å². The summed E-state index contributed by atoms with van der Waals surface area (Å²) < 4.78 is 1.48. The first kappa shape index (κ1) is 12.1. The van der Waals surface area contributed by atoms with Gasteiger partial charge >= 0.3 is 5.97 Å². The fourth-order valence-corrected chi connectivity index (χ4v) is 1.63. The van der Waals surface area contributed by atoms with E-state index in [1.54, 1.807) is 6.20 Å². The molecule has 0 amide bonds. The van der Waals surface area contributed by atoms with Crippen molar-refractivity contribution in [2.24, 2.45) is 0 Å². The zero-order chi connectivity index (χ0) is 13.0. The highest BCUT2D eigenvalue weighted by atomic mass is 16.4. The van der Waals surface area contributed by atoms with Crippen molar-refractivity contribution < 1.29 is 9.90 Å². The van der Waals surface area contributed by atoms with Crippen molar-refractivity contribution >= 4 is 5.97 Å². The molecule has 1 unspecified atom stereocenters. The van der Waals surface area contributed by atoms with Gasteiger partial charge in [0.1, 0.15) is 5.69 Å². The minimum Gasteiger partial charge on any atom is -0.481 e. The number of carboxylic acids is 1. The van der Waals surface area contributed by atoms with Crippen LogP contribution in [0, 0.1) is 0 Å². The molecule has 0 aliphatic carbocycles. The molecule has 94 valence electrons. The SMILES string of the molecule is CCC(CC(=O)O)n1nnnc1-c1cnccn1. The Hall–Kier alpha value is -2.38. The Labute approximate surface area is 103 Å². The van der Waals surface area contributed by atoms with Crippen LogP contribution in [0.1, 0.15) is 25.8 Å². The predicted octanol–water partition coefficient (Wildman–Crippen LogP) is 0.556. The molecule has 2 heterocycles. The molecule has 1 N–H and O–H groups in total. The molecule has 2 rings (SSSR count). The Morgan fingerprint density at radius 2 is 2.33 bits per heavy atom. The van der Waals surface area contributed by atoms with Crippen LogP contribution in [0.4, 0.5) is 0 Å². The highest BCUT2D eigenvalue weighted by Crippen LogP contribution is 2.20. The summed E-state index contributed by atoms with van der Waals surface area (Å²) in [6, 6.07) is -0.297. The molecule has 0 fully saturated rings. The first-order chi connectivity index (χ1) is 8.72. The van der Waals surface area contributed by atoms with Crippen molar-refractivity contribution in [2.45, 2.75) is 25.8 Å². The molecule has 18 heavy (non-hydrogen) atoms. The molecule has 8 nitrogen and oxygen atoms in total. The third kappa shape index (κ3) is 2.47. The monoisotopic (exact) mass is 248 g/mol. The number of hydrogen-bond donors (Lipinski definition) is 1. The van der Waals surface area contributed by atoms with Crippen molar-refractivity contribution in [1.29, 1.82) is 0 Å². The number of carbonyl (C=O) groups is 1. The van der Waals surface area contributed by atoms with Crippen molar-refractivity contribution in [1.82, 2.24) is 30.2 Å². The lowest BCUT2D eigenvalue weighted by atomic mass is 10.1. The van der Waals surface area contributed by atoms with Gasteiger partial charge in [-0.2, -0.15) is 0 Å². The van der Waals surface area contributed by atoms with Gasteiger partial charge in [0, 0.05) is 12.4 Å². The molecule has 0 saturated carbocycles. The molecule has 0 saturated heterocycles. The maximum atomic E-state index is 10.8. The smallest absolute Gasteiger partial charge is 0.305 e. The number of tetrazole rings is 1. The number of nitrogens with zero attached hydrogens (tertiary/aromatic N) is 6. The van der Waals surface area contributed by atoms with E-state index in [2.05, 4.69) is 25.5 Å². The van der Waals surface area contributed by atoms with E-state index in [4.69, 9.17) is 5.11 Å². The lowest BCUT2D eigenvalue weighted by Gasteiger charge is -2.13. The van der Waals surface area contributed by atoms with E-state index in [-0.39, 0.29) is 12.5 Å². The van der Waals surface area contributed by atoms with Crippen molar-refractivity contribution in [2.75, 3.05) is 0 Å². The summed E-state index contributed by atoms with van der Waals surface area (Å²) in [6.45, 7) is 1.88. The lowest BCUT2D eigenvalue weighted by Crippen LogP contribution is -2.16. The minimum atomic E-state index is -0.887. The van der Waals surface area contributed by atoms with Crippen LogP contribution in [0.25, 0.3) is 11.5 Å². The first-order valence-corrected chi connectivity index (χ1v) is 5.48. The summed E-state index contributed by atoms with van der Waals surface area (Å²) in [5.74, 6) is -0.460. The number of carboxylic acid groups (broad SMARTS) is 1. The summed E-state index contributed by atoms with van der Waals surface area (Å²) in [4.78, 5) is 18.8. The van der Waals surface area contributed by atoms with Gasteiger partial charge in [-0.3, -0.25) is 9.78 Å². The summed E-state index contributed by atoms with van der Waals surface area (Å²) >= 11 is 0. The molecule has 2 aromatic rings. The van der Waals surface area contributed by atoms with Gasteiger partial charge < -0.3 is 5.11 Å². The first-order valence-electron chi connectivity index (χ1n) is 5.48. The molecule has 0 aromatic carbocycles. The molecule has 0 radical (unpaired) electrons. The van der Waals surface area contributed by atoms with E-state index in [0.717, 1.165) is 0 Å². The average molecular weight is 248 g/mol. The van der Waals surface area contributed by atoms with Crippen LogP contribution in [0.15, 0.2) is 18.6 Å². The minimum absolute atomic E-state index is 0.0329. The highest BCUT2D eigenvalue weighted by molar-refractivity contribution is 5.67. The van der Waals surface area contributed by atoms with E-state index in [1.165, 1.54) is 17.1 Å². The lowest BCUT2D eigenvalue weighted by molar-refractivity contribution is -0.138. The van der Waals surface area contributed by atoms with Gasteiger partial charge in [-0.05, 0) is 16.8 Å². The van der Waals surface area contributed by atoms with Crippen LogP contribution >= 0.6 is 0 Å². The highest BCUT2D eigenvalue weighted by Gasteiger charge is 2.20. The quantitative estimate of drug-likeness (QED) is 0.823. The number of aliphatic carboxylic acids is 1. The fourth-order valence-electron chi connectivity index (χ4n) is 1.63. The van der Waals surface area contributed by atoms with Gasteiger partial charge in [0.05, 0.1) is 18.7 Å². The van der Waals surface area contributed by atoms with E-state index in [9.17, 15) is 4.79 Å². The third-order valence-electron chi connectivity index (χ3n) is 2.51. The number of aromatic nitrogens is 6. The second-order valence-electron chi connectivity index (χ2n) is 3.70. The standard InChI is InChI=1S/C10H12N6O2/c1-2-7(5-9(17)18)16-10(13-14-15-16)8-6-11-3-4-12-8/h3-4,6-7H,2,5H2,1H3,(H,17,18). The molecule has 2 aromatic heterocycles. The average Bonchev–Trinajstić information content (AvgIpc) is 2.86. The Morgan fingerprint density at radius 1 is 1.50 bits per heavy atom. The number of hydrogen-bond acceptors (Lipinski definition) is 6. The maximum absolute atomic E-state index is 10.8. The van der Waals surface area contributed by atoms with E-state index in [1.807, 2.05) is 6.92 Å². The Kier molecular flexibility index (Phi) is 3.56. The molecule has 0 aliphatic rings. The second kappa shape index (κ2) is 5.30. The Balaban J connectivity index is 2.35. The molecule has 1 atom stereocenters. The van der Waals surface area contributed by atoms with Crippen LogP contribution in [0.3, 0.4) is 0 Å². The van der Waals surface area contributed by atoms with Crippen LogP contribution in [-0.2, 0) is 4.79 Å². The van der Waals surface area contributed by atoms with E-state index in [0.29, 0.717) is 17.9 Å². The molecular formula is C10H12N6O2. The van der Waals surface area contributed by atoms with E-state index < -0.39 is 5.97 Å². The van der Waals surface area contributed by atoms with Crippen molar-refractivity contribution in [3.05, 3.63) is 18.6 Å². The maximum Gasteiger partial charge on any atom is 0.305 e. The molecule has 0 aliphatic heterocycles. The summed E-state index contributed by atoms with van der Waals surface area (Å²) in [7, 11) is 0. The summed E-state index contributed by atoms with van der Waals surface area (Å²) in [6.07, 6.45) is 5.20. The van der Waals surface area contributed by atoms with E-state index >= 15 is 0 Å². The van der Waals surface area contributed by atoms with Crippen molar-refractivity contribution in [3.63, 3.8) is 0 Å². The second-order valence-corrected chi connectivity index (χ2v) is 3.70. The van der Waals surface area contributed by atoms with Gasteiger partial charge in [-0.15, -0.1) is 5.10 Å². The predicted molar refractivity (Wildman–Crippen MR) is 60.4 cm³/mol. The third-order valence-corrected chi connectivity index (χ3v) is 2.51. The van der Waals surface area contributed by atoms with Gasteiger partial charge in [0.25, 0.3) is 0 Å². The van der Waals surface area contributed by atoms with Crippen LogP contribution in [0.2, 0.25) is 0 Å². The molecule has 0 spiro atoms. The normalized spacial score (nSPS) is 12.3. The summed E-state index contributed by atoms with van der Waals surface area (Å²) in [5, 5.41) is 20.2. The molecule has 8 heteroatoms. The topological polar surface area (TPSA) is 107 Å². The molecular weight excluding hydrogens is 236 g/mol. The van der Waals surface area contributed by atoms with Gasteiger partial charge in [0.15, 0.2) is 0 Å². The van der Waals surface area contributed by atoms with Crippen molar-refractivity contribution in [3.8, 4) is 11.5 Å². The Morgan fingerprint density at radius 3 is 2.94 bits per heavy atom. The zero-order valence-corrected chi connectivity index (χ0v) is 9.76. The van der Waals surface area contributed by atoms with Gasteiger partial charge in [0.2, 0.25) is 5.82 Å². The Bertz CT molecular complexity index is 526. The van der Waals surface area contributed by atoms with Gasteiger partial charge in [-0.1, -0.05) is 6.92 Å². The zero-order valence-electron chi connectivity index (χ0n) is 9.76. The van der Waals surface area contributed by atoms with Crippen LogP contribution in [0.5, 0.6) is 0 Å². The van der Waals surface area contributed by atoms with Crippen LogP contribution < -0.4 is 0 Å². The number of rotatable bonds is 5. The van der Waals surface area contributed by atoms with Gasteiger partial charge in [-0.25, -0.2) is 9.67 Å². The fraction of sp³-hybridized carbons (Fsp3) is 0.400. The summed E-state index contributed by atoms with van der Waals surface area (Å²) in [5.41, 5.74) is 0.520. The largest absolute Gasteiger partial charge is 0.481 e.